The van der Waals surface area contributed by atoms with Gasteiger partial charge in [-0.2, -0.15) is 5.48 Å². The third-order valence-electron chi connectivity index (χ3n) is 6.21. The van der Waals surface area contributed by atoms with E-state index >= 15 is 0 Å². The molecular weight excluding hydrogens is 598 g/mol. The fourth-order valence-electron chi connectivity index (χ4n) is 3.89. The zero-order valence-corrected chi connectivity index (χ0v) is 28.5. The number of carbonyl (C=O) groups is 5. The SMILES string of the molecule is CC.CC(C)[C@H](NC(=O)CCCCCCC(=O)ON1C(=O)CCC1=O)ONCCNc1ccc(COC(=O)NC(C)(C)C)cc1.O.[HH].[HH].[HH].[HH]. The minimum Gasteiger partial charge on any atom is -0.445 e. The van der Waals surface area contributed by atoms with Gasteiger partial charge in [0.15, 0.2) is 6.23 Å². The normalized spacial score (nSPS) is 13.3. The topological polar surface area (TPSA) is 196 Å². The molecule has 46 heavy (non-hydrogen) atoms. The molecule has 14 nitrogen and oxygen atoms in total. The summed E-state index contributed by atoms with van der Waals surface area (Å²) < 4.78 is 5.23. The van der Waals surface area contributed by atoms with Gasteiger partial charge in [-0.05, 0) is 51.3 Å². The number of imide groups is 1. The van der Waals surface area contributed by atoms with E-state index in [2.05, 4.69) is 21.4 Å². The summed E-state index contributed by atoms with van der Waals surface area (Å²) >= 11 is 0. The first-order valence-corrected chi connectivity index (χ1v) is 15.9. The Balaban J connectivity index is -0.000000946. The molecule has 0 saturated carbocycles. The zero-order valence-electron chi connectivity index (χ0n) is 28.5. The van der Waals surface area contributed by atoms with Gasteiger partial charge < -0.3 is 31.0 Å². The molecule has 2 rings (SSSR count). The third-order valence-corrected chi connectivity index (χ3v) is 6.21. The van der Waals surface area contributed by atoms with E-state index in [1.54, 1.807) is 0 Å². The Kier molecular flexibility index (Phi) is 20.9. The fourth-order valence-corrected chi connectivity index (χ4v) is 3.89. The summed E-state index contributed by atoms with van der Waals surface area (Å²) in [6.45, 7) is 14.8. The van der Waals surface area contributed by atoms with Crippen molar-refractivity contribution in [2.75, 3.05) is 18.4 Å². The highest BCUT2D eigenvalue weighted by Gasteiger charge is 2.32. The second-order valence-electron chi connectivity index (χ2n) is 11.8. The Morgan fingerprint density at radius 3 is 2.07 bits per heavy atom. The number of nitrogens with zero attached hydrogens (tertiary/aromatic N) is 1. The van der Waals surface area contributed by atoms with Crippen LogP contribution in [0.15, 0.2) is 24.3 Å². The summed E-state index contributed by atoms with van der Waals surface area (Å²) in [5, 5.41) is 9.47. The number of rotatable bonds is 18. The lowest BCUT2D eigenvalue weighted by Crippen LogP contribution is -2.44. The maximum atomic E-state index is 12.4. The van der Waals surface area contributed by atoms with Crippen LogP contribution >= 0.6 is 0 Å². The number of hydrogen-bond acceptors (Lipinski definition) is 10. The van der Waals surface area contributed by atoms with Gasteiger partial charge in [0.25, 0.3) is 11.8 Å². The molecule has 0 bridgehead atoms. The smallest absolute Gasteiger partial charge is 0.407 e. The van der Waals surface area contributed by atoms with Crippen LogP contribution in [0.5, 0.6) is 0 Å². The Bertz CT molecular complexity index is 1080. The van der Waals surface area contributed by atoms with E-state index in [4.69, 9.17) is 14.4 Å². The van der Waals surface area contributed by atoms with E-state index in [0.717, 1.165) is 17.7 Å². The number of hydrogen-bond donors (Lipinski definition) is 4. The first kappa shape index (κ1) is 42.2. The summed E-state index contributed by atoms with van der Waals surface area (Å²) in [5.74, 6) is -1.67. The van der Waals surface area contributed by atoms with Crippen molar-refractivity contribution in [1.29, 1.82) is 0 Å². The summed E-state index contributed by atoms with van der Waals surface area (Å²) in [7, 11) is 0. The number of hydroxylamine groups is 3. The number of alkyl carbamates (subject to hydrolysis) is 1. The second kappa shape index (κ2) is 22.7. The Morgan fingerprint density at radius 2 is 1.50 bits per heavy atom. The van der Waals surface area contributed by atoms with Crippen LogP contribution in [0, 0.1) is 5.92 Å². The van der Waals surface area contributed by atoms with Gasteiger partial charge in [0.2, 0.25) is 5.91 Å². The first-order valence-electron chi connectivity index (χ1n) is 15.9. The molecule has 1 aliphatic rings. The number of nitrogens with one attached hydrogen (secondary N) is 4. The lowest BCUT2D eigenvalue weighted by Gasteiger charge is -2.22. The predicted molar refractivity (Wildman–Crippen MR) is 182 cm³/mol. The number of anilines is 1. The summed E-state index contributed by atoms with van der Waals surface area (Å²) in [4.78, 5) is 69.5. The molecule has 4 amide bonds. The van der Waals surface area contributed by atoms with Crippen molar-refractivity contribution >= 4 is 35.5 Å². The fraction of sp³-hybridized carbons (Fsp3) is 0.656. The predicted octanol–water partition coefficient (Wildman–Crippen LogP) is 4.88. The molecule has 14 heteroatoms. The van der Waals surface area contributed by atoms with Gasteiger partial charge in [-0.25, -0.2) is 9.59 Å². The quantitative estimate of drug-likeness (QED) is 0.0729. The Morgan fingerprint density at radius 1 is 0.913 bits per heavy atom. The van der Waals surface area contributed by atoms with Crippen molar-refractivity contribution < 1.29 is 49.6 Å². The molecule has 1 aromatic carbocycles. The van der Waals surface area contributed by atoms with Crippen LogP contribution in [-0.4, -0.2) is 65.2 Å². The van der Waals surface area contributed by atoms with E-state index in [1.807, 2.05) is 72.7 Å². The molecule has 1 saturated heterocycles. The first-order chi connectivity index (χ1) is 21.3. The number of ether oxygens (including phenoxy) is 1. The van der Waals surface area contributed by atoms with E-state index in [0.29, 0.717) is 43.8 Å². The van der Waals surface area contributed by atoms with Gasteiger partial charge in [-0.1, -0.05) is 52.7 Å². The second-order valence-corrected chi connectivity index (χ2v) is 11.8. The Labute approximate surface area is 278 Å². The standard InChI is InChI=1S/C30H47N5O8.C2H6.H2O.4H2/c1-21(2)28(33-24(36)10-8-6-7-9-11-27(39)43-35-25(37)16-17-26(35)38)42-32-19-18-31-23-14-12-22(13-15-23)20-41-29(40)34-30(3,4)5;1-2;;;;;/h12-15,21,28,31-32H,6-11,16-20H2,1-5H3,(H,33,36)(H,34,40);1-2H3;1H2;4*1H/t28-;;;;;;/m1....../s1. The largest absolute Gasteiger partial charge is 0.445 e. The minimum absolute atomic E-state index is 0. The molecule has 1 fully saturated rings. The van der Waals surface area contributed by atoms with Crippen molar-refractivity contribution in [1.82, 2.24) is 21.2 Å². The van der Waals surface area contributed by atoms with Crippen LogP contribution in [0.1, 0.15) is 111 Å². The number of unbranched alkanes of at least 4 members (excludes halogenated alkanes) is 3. The highest BCUT2D eigenvalue weighted by atomic mass is 16.7. The third kappa shape index (κ3) is 18.3. The monoisotopic (exact) mass is 661 g/mol. The lowest BCUT2D eigenvalue weighted by molar-refractivity contribution is -0.197. The molecule has 1 aliphatic heterocycles. The van der Waals surface area contributed by atoms with Crippen molar-refractivity contribution in [3.63, 3.8) is 0 Å². The van der Waals surface area contributed by atoms with Gasteiger partial charge in [0.1, 0.15) is 6.61 Å². The molecule has 1 atom stereocenters. The van der Waals surface area contributed by atoms with Crippen LogP contribution in [0.2, 0.25) is 0 Å². The van der Waals surface area contributed by atoms with Gasteiger partial charge in [0, 0.05) is 61.6 Å². The van der Waals surface area contributed by atoms with Crippen molar-refractivity contribution in [3.8, 4) is 0 Å². The number of carbonyl (C=O) groups excluding carboxylic acids is 5. The van der Waals surface area contributed by atoms with Crippen molar-refractivity contribution in [2.45, 2.75) is 118 Å². The number of benzene rings is 1. The molecule has 0 unspecified atom stereocenters. The van der Waals surface area contributed by atoms with Gasteiger partial charge in [-0.3, -0.25) is 19.2 Å². The van der Waals surface area contributed by atoms with E-state index in [1.165, 1.54) is 0 Å². The van der Waals surface area contributed by atoms with E-state index < -0.39 is 30.1 Å². The molecule has 270 valence electrons. The molecule has 0 aromatic heterocycles. The molecule has 0 radical (unpaired) electrons. The van der Waals surface area contributed by atoms with Crippen molar-refractivity contribution in [3.05, 3.63) is 29.8 Å². The van der Waals surface area contributed by atoms with Crippen LogP contribution in [0.25, 0.3) is 0 Å². The minimum atomic E-state index is -0.608. The maximum absolute atomic E-state index is 12.4. The van der Waals surface area contributed by atoms with E-state index in [9.17, 15) is 24.0 Å². The molecule has 6 N–H and O–H groups in total. The van der Waals surface area contributed by atoms with Crippen LogP contribution < -0.4 is 21.4 Å². The van der Waals surface area contributed by atoms with Crippen LogP contribution in [-0.2, 0) is 40.2 Å². The molecule has 1 heterocycles. The summed E-state index contributed by atoms with van der Waals surface area (Å²) in [6.07, 6.45) is 2.29. The van der Waals surface area contributed by atoms with Crippen molar-refractivity contribution in [2.24, 2.45) is 5.92 Å². The zero-order chi connectivity index (χ0) is 33.8. The number of amides is 4. The maximum Gasteiger partial charge on any atom is 0.407 e. The molecule has 0 spiro atoms. The average molecular weight is 662 g/mol. The lowest BCUT2D eigenvalue weighted by atomic mass is 10.1. The summed E-state index contributed by atoms with van der Waals surface area (Å²) in [5.41, 5.74) is 4.33. The van der Waals surface area contributed by atoms with E-state index in [-0.39, 0.29) is 54.4 Å². The average Bonchev–Trinajstić information content (AvgIpc) is 3.29. The molecule has 0 aliphatic carbocycles. The summed E-state index contributed by atoms with van der Waals surface area (Å²) in [6, 6.07) is 7.58. The van der Waals surface area contributed by atoms with Gasteiger partial charge in [0.05, 0.1) is 0 Å². The molecular formula is C32H63N5O9. The Hall–Kier alpha value is -3.75. The highest BCUT2D eigenvalue weighted by Crippen LogP contribution is 2.14. The van der Waals surface area contributed by atoms with Gasteiger partial charge in [-0.15, -0.1) is 5.06 Å². The van der Waals surface area contributed by atoms with Crippen LogP contribution in [0.4, 0.5) is 10.5 Å². The molecule has 1 aromatic rings. The highest BCUT2D eigenvalue weighted by molar-refractivity contribution is 6.01. The van der Waals surface area contributed by atoms with Gasteiger partial charge >= 0.3 is 12.1 Å². The van der Waals surface area contributed by atoms with Crippen LogP contribution in [0.3, 0.4) is 0 Å².